The molecule has 1 N–H and O–H groups in total. The Kier molecular flexibility index (Phi) is 7.97. The van der Waals surface area contributed by atoms with Crippen molar-refractivity contribution >= 4 is 28.6 Å². The fourth-order valence-corrected chi connectivity index (χ4v) is 4.47. The maximum absolute atomic E-state index is 13.1. The fourth-order valence-electron chi connectivity index (χ4n) is 4.47. The number of nitrogens with one attached hydrogen (secondary N) is 1. The summed E-state index contributed by atoms with van der Waals surface area (Å²) in [7, 11) is 0. The molecule has 6 nitrogen and oxygen atoms in total. The monoisotopic (exact) mass is 529 g/mol. The molecule has 4 aromatic carbocycles. The molecule has 6 heteroatoms. The van der Waals surface area contributed by atoms with Crippen LogP contribution in [-0.4, -0.2) is 27.9 Å². The average Bonchev–Trinajstić information content (AvgIpc) is 2.99. The number of esters is 1. The lowest BCUT2D eigenvalue weighted by molar-refractivity contribution is -0.124. The van der Waals surface area contributed by atoms with Crippen molar-refractivity contribution in [1.82, 2.24) is 9.97 Å². The highest BCUT2D eigenvalue weighted by molar-refractivity contribution is 5.99. The zero-order valence-corrected chi connectivity index (χ0v) is 22.8. The third kappa shape index (κ3) is 5.91. The molecule has 0 aliphatic rings. The van der Waals surface area contributed by atoms with E-state index in [1.54, 1.807) is 18.2 Å². The van der Waals surface area contributed by atoms with Gasteiger partial charge >= 0.3 is 5.97 Å². The molecule has 1 aromatic heterocycles. The van der Waals surface area contributed by atoms with Gasteiger partial charge in [-0.05, 0) is 48.2 Å². The molecular weight excluding hydrogens is 498 g/mol. The highest BCUT2D eigenvalue weighted by Gasteiger charge is 2.23. The van der Waals surface area contributed by atoms with Gasteiger partial charge in [-0.15, -0.1) is 0 Å². The summed E-state index contributed by atoms with van der Waals surface area (Å²) in [5.41, 5.74) is 6.73. The zero-order valence-electron chi connectivity index (χ0n) is 22.8. The van der Waals surface area contributed by atoms with Gasteiger partial charge in [-0.1, -0.05) is 93.6 Å². The summed E-state index contributed by atoms with van der Waals surface area (Å²) in [6, 6.07) is 32.5. The smallest absolute Gasteiger partial charge is 0.338 e. The Morgan fingerprint density at radius 2 is 1.32 bits per heavy atom. The number of hydrogen-bond acceptors (Lipinski definition) is 5. The summed E-state index contributed by atoms with van der Waals surface area (Å²) in [6.45, 7) is 6.04. The summed E-state index contributed by atoms with van der Waals surface area (Å²) in [5, 5.41) is 2.85. The van der Waals surface area contributed by atoms with Crippen LogP contribution >= 0.6 is 0 Å². The molecule has 0 bridgehead atoms. The normalized spacial score (nSPS) is 11.8. The molecule has 40 heavy (non-hydrogen) atoms. The number of fused-ring (bicyclic) bond motifs is 1. The third-order valence-electron chi connectivity index (χ3n) is 6.75. The molecule has 5 rings (SSSR count). The van der Waals surface area contributed by atoms with E-state index in [1.807, 2.05) is 91.9 Å². The lowest BCUT2D eigenvalue weighted by atomic mass is 10.0. The Balaban J connectivity index is 1.40. The quantitative estimate of drug-likeness (QED) is 0.209. The molecule has 5 aromatic rings. The maximum Gasteiger partial charge on any atom is 0.338 e. The summed E-state index contributed by atoms with van der Waals surface area (Å²) in [6.07, 6.45) is -0.590. The topological polar surface area (TPSA) is 81.2 Å². The van der Waals surface area contributed by atoms with E-state index in [4.69, 9.17) is 14.7 Å². The third-order valence-corrected chi connectivity index (χ3v) is 6.75. The highest BCUT2D eigenvalue weighted by Crippen LogP contribution is 2.31. The van der Waals surface area contributed by atoms with E-state index in [0.29, 0.717) is 34.6 Å². The van der Waals surface area contributed by atoms with Crippen molar-refractivity contribution in [3.05, 3.63) is 114 Å². The number of anilines is 1. The second-order valence-electron chi connectivity index (χ2n) is 9.92. The van der Waals surface area contributed by atoms with Crippen LogP contribution in [0.15, 0.2) is 103 Å². The van der Waals surface area contributed by atoms with Gasteiger partial charge in [0.2, 0.25) is 0 Å². The van der Waals surface area contributed by atoms with Crippen molar-refractivity contribution in [2.45, 2.75) is 39.2 Å². The van der Waals surface area contributed by atoms with Crippen molar-refractivity contribution in [3.8, 4) is 22.5 Å². The van der Waals surface area contributed by atoms with Gasteiger partial charge in [-0.25, -0.2) is 14.8 Å². The fraction of sp³-hybridized carbons (Fsp3) is 0.176. The van der Waals surface area contributed by atoms with Gasteiger partial charge in [0.05, 0.1) is 28.0 Å². The SMILES string of the molecule is CCC(OC(=O)c1ccc2nc(-c3ccccc3)c(-c3ccccc3)nc2c1)C(=O)Nc1ccc(C(C)C)cc1. The van der Waals surface area contributed by atoms with Crippen LogP contribution < -0.4 is 5.32 Å². The number of aromatic nitrogens is 2. The van der Waals surface area contributed by atoms with Crippen molar-refractivity contribution in [2.75, 3.05) is 5.32 Å². The molecule has 0 saturated heterocycles. The first-order valence-electron chi connectivity index (χ1n) is 13.5. The Bertz CT molecular complexity index is 1630. The van der Waals surface area contributed by atoms with Gasteiger partial charge in [-0.3, -0.25) is 4.79 Å². The number of rotatable bonds is 8. The van der Waals surface area contributed by atoms with Crippen molar-refractivity contribution in [3.63, 3.8) is 0 Å². The Hall–Kier alpha value is -4.84. The standard InChI is InChI=1S/C34H31N3O3/c1-4-30(33(38)35-27-18-15-23(16-19-27)22(2)3)40-34(39)26-17-20-28-29(21-26)37-32(25-13-9-6-10-14-25)31(36-28)24-11-7-5-8-12-24/h5-22,30H,4H2,1-3H3,(H,35,38). The number of amides is 1. The molecule has 0 aliphatic heterocycles. The van der Waals surface area contributed by atoms with E-state index >= 15 is 0 Å². The largest absolute Gasteiger partial charge is 0.449 e. The Morgan fingerprint density at radius 1 is 0.750 bits per heavy atom. The highest BCUT2D eigenvalue weighted by atomic mass is 16.5. The van der Waals surface area contributed by atoms with E-state index in [0.717, 1.165) is 22.5 Å². The number of hydrogen-bond donors (Lipinski definition) is 1. The van der Waals surface area contributed by atoms with E-state index in [1.165, 1.54) is 5.56 Å². The predicted octanol–water partition coefficient (Wildman–Crippen LogP) is 7.66. The van der Waals surface area contributed by atoms with Gasteiger partial charge in [0, 0.05) is 16.8 Å². The van der Waals surface area contributed by atoms with Crippen molar-refractivity contribution < 1.29 is 14.3 Å². The summed E-state index contributed by atoms with van der Waals surface area (Å²) < 4.78 is 5.64. The zero-order chi connectivity index (χ0) is 28.1. The number of carbonyl (C=O) groups excluding carboxylic acids is 2. The van der Waals surface area contributed by atoms with E-state index in [-0.39, 0.29) is 5.91 Å². The van der Waals surface area contributed by atoms with Crippen LogP contribution in [0.1, 0.15) is 49.0 Å². The molecule has 1 atom stereocenters. The molecule has 0 spiro atoms. The van der Waals surface area contributed by atoms with E-state index < -0.39 is 12.1 Å². The van der Waals surface area contributed by atoms with Crippen molar-refractivity contribution in [1.29, 1.82) is 0 Å². The average molecular weight is 530 g/mol. The lowest BCUT2D eigenvalue weighted by Gasteiger charge is -2.17. The molecule has 0 aliphatic carbocycles. The molecular formula is C34H31N3O3. The molecule has 200 valence electrons. The van der Waals surface area contributed by atoms with Gasteiger partial charge in [0.15, 0.2) is 6.10 Å². The molecule has 1 amide bonds. The van der Waals surface area contributed by atoms with Gasteiger partial charge in [0.25, 0.3) is 5.91 Å². The summed E-state index contributed by atoms with van der Waals surface area (Å²) in [5.74, 6) is -0.559. The molecule has 1 unspecified atom stereocenters. The van der Waals surface area contributed by atoms with Gasteiger partial charge < -0.3 is 10.1 Å². The number of benzene rings is 4. The Labute approximate surface area is 234 Å². The van der Waals surface area contributed by atoms with Crippen LogP contribution in [0.3, 0.4) is 0 Å². The Morgan fingerprint density at radius 3 is 1.88 bits per heavy atom. The van der Waals surface area contributed by atoms with Crippen LogP contribution in [0, 0.1) is 0 Å². The number of ether oxygens (including phenoxy) is 1. The van der Waals surface area contributed by atoms with Crippen LogP contribution in [-0.2, 0) is 9.53 Å². The predicted molar refractivity (Wildman–Crippen MR) is 159 cm³/mol. The molecule has 1 heterocycles. The minimum atomic E-state index is -0.931. The lowest BCUT2D eigenvalue weighted by Crippen LogP contribution is -2.32. The minimum absolute atomic E-state index is 0.306. The summed E-state index contributed by atoms with van der Waals surface area (Å²) >= 11 is 0. The first-order valence-corrected chi connectivity index (χ1v) is 13.5. The van der Waals surface area contributed by atoms with Crippen LogP contribution in [0.4, 0.5) is 5.69 Å². The van der Waals surface area contributed by atoms with Gasteiger partial charge in [-0.2, -0.15) is 0 Å². The number of carbonyl (C=O) groups is 2. The van der Waals surface area contributed by atoms with Crippen LogP contribution in [0.5, 0.6) is 0 Å². The van der Waals surface area contributed by atoms with Gasteiger partial charge in [0.1, 0.15) is 0 Å². The van der Waals surface area contributed by atoms with Crippen molar-refractivity contribution in [2.24, 2.45) is 0 Å². The van der Waals surface area contributed by atoms with Crippen LogP contribution in [0.25, 0.3) is 33.5 Å². The molecule has 0 fully saturated rings. The second-order valence-corrected chi connectivity index (χ2v) is 9.92. The molecule has 0 saturated carbocycles. The first kappa shape index (κ1) is 26.8. The van der Waals surface area contributed by atoms with E-state index in [9.17, 15) is 9.59 Å². The number of nitrogens with zero attached hydrogens (tertiary/aromatic N) is 2. The van der Waals surface area contributed by atoms with Crippen LogP contribution in [0.2, 0.25) is 0 Å². The van der Waals surface area contributed by atoms with E-state index in [2.05, 4.69) is 19.2 Å². The minimum Gasteiger partial charge on any atom is -0.449 e. The maximum atomic E-state index is 13.1. The second kappa shape index (κ2) is 11.9. The first-order chi connectivity index (χ1) is 19.4. The summed E-state index contributed by atoms with van der Waals surface area (Å²) in [4.78, 5) is 35.9. The molecule has 0 radical (unpaired) electrons.